The minimum absolute atomic E-state index is 0.521. The molecule has 1 saturated heterocycles. The van der Waals surface area contributed by atoms with Crippen molar-refractivity contribution in [3.8, 4) is 0 Å². The van der Waals surface area contributed by atoms with Gasteiger partial charge in [0.2, 0.25) is 0 Å². The molecule has 1 aliphatic heterocycles. The van der Waals surface area contributed by atoms with E-state index < -0.39 is 0 Å². The molecule has 0 aromatic rings. The maximum Gasteiger partial charge on any atom is 0.0699 e. The maximum atomic E-state index is 5.79. The van der Waals surface area contributed by atoms with Gasteiger partial charge in [0.05, 0.1) is 6.10 Å². The SMILES string of the molecule is C1CCC(CNC2C3C4CCC(C4)C23)OC1. The van der Waals surface area contributed by atoms with Gasteiger partial charge in [-0.3, -0.25) is 0 Å². The first-order valence-electron chi connectivity index (χ1n) is 7.28. The van der Waals surface area contributed by atoms with Crippen molar-refractivity contribution < 1.29 is 4.74 Å². The Morgan fingerprint density at radius 1 is 1.00 bits per heavy atom. The Hall–Kier alpha value is -0.0800. The van der Waals surface area contributed by atoms with Gasteiger partial charge >= 0.3 is 0 Å². The fourth-order valence-electron chi connectivity index (χ4n) is 4.83. The molecule has 4 aliphatic rings. The van der Waals surface area contributed by atoms with Crippen molar-refractivity contribution in [1.29, 1.82) is 0 Å². The minimum Gasteiger partial charge on any atom is -0.377 e. The van der Waals surface area contributed by atoms with Crippen LogP contribution in [-0.4, -0.2) is 25.3 Å². The fraction of sp³-hybridized carbons (Fsp3) is 1.00. The van der Waals surface area contributed by atoms with Crippen LogP contribution < -0.4 is 5.32 Å². The highest BCUT2D eigenvalue weighted by atomic mass is 16.5. The molecule has 3 aliphatic carbocycles. The van der Waals surface area contributed by atoms with Gasteiger partial charge in [-0.25, -0.2) is 0 Å². The lowest BCUT2D eigenvalue weighted by atomic mass is 10.0. The van der Waals surface area contributed by atoms with Gasteiger partial charge in [-0.2, -0.15) is 0 Å². The second-order valence-electron chi connectivity index (χ2n) is 6.41. The molecule has 0 spiro atoms. The first kappa shape index (κ1) is 9.90. The lowest BCUT2D eigenvalue weighted by Crippen LogP contribution is -2.35. The van der Waals surface area contributed by atoms with E-state index in [2.05, 4.69) is 5.32 Å². The van der Waals surface area contributed by atoms with Crippen LogP contribution in [0.25, 0.3) is 0 Å². The van der Waals surface area contributed by atoms with Crippen LogP contribution >= 0.6 is 0 Å². The normalized spacial score (nSPS) is 54.0. The van der Waals surface area contributed by atoms with Gasteiger partial charge in [0.25, 0.3) is 0 Å². The molecular formula is C14H23NO. The Morgan fingerprint density at radius 2 is 1.81 bits per heavy atom. The summed E-state index contributed by atoms with van der Waals surface area (Å²) in [5, 5.41) is 3.80. The van der Waals surface area contributed by atoms with Crippen molar-refractivity contribution in [2.45, 2.75) is 50.7 Å². The summed E-state index contributed by atoms with van der Waals surface area (Å²) >= 11 is 0. The zero-order chi connectivity index (χ0) is 10.5. The molecule has 4 fully saturated rings. The van der Waals surface area contributed by atoms with Gasteiger partial charge in [-0.1, -0.05) is 0 Å². The number of ether oxygens (including phenoxy) is 1. The van der Waals surface area contributed by atoms with E-state index >= 15 is 0 Å². The van der Waals surface area contributed by atoms with Crippen LogP contribution in [0.15, 0.2) is 0 Å². The van der Waals surface area contributed by atoms with Crippen molar-refractivity contribution in [3.05, 3.63) is 0 Å². The van der Waals surface area contributed by atoms with Crippen LogP contribution in [0.3, 0.4) is 0 Å². The summed E-state index contributed by atoms with van der Waals surface area (Å²) in [6.07, 6.45) is 9.07. The second-order valence-corrected chi connectivity index (χ2v) is 6.41. The standard InChI is InChI=1S/C14H23NO/c1-2-6-16-11(3-1)8-15-14-12-9-4-5-10(7-9)13(12)14/h9-15H,1-8H2. The number of hydrogen-bond donors (Lipinski definition) is 1. The van der Waals surface area contributed by atoms with Gasteiger partial charge in [-0.05, 0) is 62.2 Å². The van der Waals surface area contributed by atoms with E-state index in [0.29, 0.717) is 6.10 Å². The van der Waals surface area contributed by atoms with E-state index in [0.717, 1.165) is 42.9 Å². The van der Waals surface area contributed by atoms with Gasteiger partial charge < -0.3 is 10.1 Å². The van der Waals surface area contributed by atoms with Gasteiger partial charge in [-0.15, -0.1) is 0 Å². The molecule has 90 valence electrons. The number of fused-ring (bicyclic) bond motifs is 5. The highest BCUT2D eigenvalue weighted by Crippen LogP contribution is 2.65. The predicted octanol–water partition coefficient (Wildman–Crippen LogP) is 2.19. The average Bonchev–Trinajstić information content (AvgIpc) is 2.72. The number of hydrogen-bond acceptors (Lipinski definition) is 2. The lowest BCUT2D eigenvalue weighted by molar-refractivity contribution is 0.0161. The van der Waals surface area contributed by atoms with E-state index in [-0.39, 0.29) is 0 Å². The Bertz CT molecular complexity index is 258. The highest BCUT2D eigenvalue weighted by Gasteiger charge is 2.64. The molecule has 1 N–H and O–H groups in total. The average molecular weight is 221 g/mol. The third kappa shape index (κ3) is 1.46. The highest BCUT2D eigenvalue weighted by molar-refractivity contribution is 5.16. The molecule has 0 amide bonds. The van der Waals surface area contributed by atoms with Crippen LogP contribution in [0.5, 0.6) is 0 Å². The maximum absolute atomic E-state index is 5.79. The van der Waals surface area contributed by atoms with Crippen molar-refractivity contribution >= 4 is 0 Å². The molecule has 3 saturated carbocycles. The zero-order valence-electron chi connectivity index (χ0n) is 10.0. The molecule has 2 heteroatoms. The molecule has 16 heavy (non-hydrogen) atoms. The van der Waals surface area contributed by atoms with Crippen molar-refractivity contribution in [2.75, 3.05) is 13.2 Å². The first-order valence-corrected chi connectivity index (χ1v) is 7.28. The summed E-state index contributed by atoms with van der Waals surface area (Å²) in [6, 6.07) is 0.886. The topological polar surface area (TPSA) is 21.3 Å². The fourth-order valence-corrected chi connectivity index (χ4v) is 4.83. The molecule has 4 rings (SSSR count). The van der Waals surface area contributed by atoms with Crippen LogP contribution in [-0.2, 0) is 4.74 Å². The van der Waals surface area contributed by atoms with E-state index in [1.54, 1.807) is 6.42 Å². The number of rotatable bonds is 3. The summed E-state index contributed by atoms with van der Waals surface area (Å²) in [5.41, 5.74) is 0. The van der Waals surface area contributed by atoms with Crippen LogP contribution in [0, 0.1) is 23.7 Å². The molecule has 5 atom stereocenters. The van der Waals surface area contributed by atoms with Crippen molar-refractivity contribution in [2.24, 2.45) is 23.7 Å². The van der Waals surface area contributed by atoms with Crippen LogP contribution in [0.1, 0.15) is 38.5 Å². The van der Waals surface area contributed by atoms with Crippen molar-refractivity contribution in [1.82, 2.24) is 5.32 Å². The molecule has 2 bridgehead atoms. The number of nitrogens with one attached hydrogen (secondary N) is 1. The monoisotopic (exact) mass is 221 g/mol. The first-order chi connectivity index (χ1) is 7.93. The zero-order valence-corrected chi connectivity index (χ0v) is 10.0. The van der Waals surface area contributed by atoms with Crippen LogP contribution in [0.2, 0.25) is 0 Å². The van der Waals surface area contributed by atoms with Gasteiger partial charge in [0.15, 0.2) is 0 Å². The summed E-state index contributed by atoms with van der Waals surface area (Å²) in [7, 11) is 0. The third-order valence-electron chi connectivity index (χ3n) is 5.59. The molecule has 0 aromatic heterocycles. The van der Waals surface area contributed by atoms with E-state index in [1.807, 2.05) is 0 Å². The lowest BCUT2D eigenvalue weighted by Gasteiger charge is -2.23. The summed E-state index contributed by atoms with van der Waals surface area (Å²) < 4.78 is 5.79. The molecule has 0 aromatic carbocycles. The van der Waals surface area contributed by atoms with E-state index in [4.69, 9.17) is 4.74 Å². The van der Waals surface area contributed by atoms with E-state index in [9.17, 15) is 0 Å². The van der Waals surface area contributed by atoms with E-state index in [1.165, 1.54) is 32.1 Å². The molecule has 2 nitrogen and oxygen atoms in total. The Kier molecular flexibility index (Phi) is 2.29. The molecule has 0 radical (unpaired) electrons. The minimum atomic E-state index is 0.521. The van der Waals surface area contributed by atoms with Gasteiger partial charge in [0, 0.05) is 19.2 Å². The molecule has 1 heterocycles. The predicted molar refractivity (Wildman–Crippen MR) is 63.2 cm³/mol. The molecular weight excluding hydrogens is 198 g/mol. The summed E-state index contributed by atoms with van der Waals surface area (Å²) in [6.45, 7) is 2.12. The summed E-state index contributed by atoms with van der Waals surface area (Å²) in [4.78, 5) is 0. The second kappa shape index (κ2) is 3.71. The quantitative estimate of drug-likeness (QED) is 0.789. The third-order valence-corrected chi connectivity index (χ3v) is 5.59. The van der Waals surface area contributed by atoms with Gasteiger partial charge in [0.1, 0.15) is 0 Å². The summed E-state index contributed by atoms with van der Waals surface area (Å²) in [5.74, 6) is 4.34. The van der Waals surface area contributed by atoms with Crippen molar-refractivity contribution in [3.63, 3.8) is 0 Å². The molecule has 5 unspecified atom stereocenters. The Labute approximate surface area is 98.1 Å². The largest absolute Gasteiger partial charge is 0.377 e. The smallest absolute Gasteiger partial charge is 0.0699 e. The van der Waals surface area contributed by atoms with Crippen LogP contribution in [0.4, 0.5) is 0 Å². The Morgan fingerprint density at radius 3 is 2.50 bits per heavy atom. The Balaban J connectivity index is 1.28.